The predicted octanol–water partition coefficient (Wildman–Crippen LogP) is 10.5. The van der Waals surface area contributed by atoms with Crippen LogP contribution >= 0.6 is 0 Å². The lowest BCUT2D eigenvalue weighted by Gasteiger charge is -2.15. The number of hydrogen-bond acceptors (Lipinski definition) is 5. The number of carbonyl (C=O) groups is 2. The highest BCUT2D eigenvalue weighted by atomic mass is 16.6. The van der Waals surface area contributed by atoms with Crippen LogP contribution in [-0.2, 0) is 19.1 Å². The minimum absolute atomic E-state index is 0.0755. The molecule has 1 N–H and O–H groups in total. The summed E-state index contributed by atoms with van der Waals surface area (Å²) in [5.41, 5.74) is 0. The Kier molecular flexibility index (Phi) is 32.1. The van der Waals surface area contributed by atoms with Crippen LogP contribution in [0.15, 0.2) is 36.5 Å². The number of unbranched alkanes of at least 4 members (excludes halogenated alkanes) is 17. The number of esters is 2. The summed E-state index contributed by atoms with van der Waals surface area (Å²) in [6, 6.07) is 0. The molecule has 0 amide bonds. The number of allylic oxidation sites excluding steroid dienone is 6. The second-order valence-corrected chi connectivity index (χ2v) is 11.6. The summed E-state index contributed by atoms with van der Waals surface area (Å²) in [6.45, 7) is 3.99. The van der Waals surface area contributed by atoms with Crippen LogP contribution in [0.5, 0.6) is 0 Å². The van der Waals surface area contributed by atoms with E-state index in [-0.39, 0.29) is 25.2 Å². The van der Waals surface area contributed by atoms with Crippen LogP contribution in [0.25, 0.3) is 0 Å². The van der Waals surface area contributed by atoms with Crippen molar-refractivity contribution in [2.45, 2.75) is 174 Å². The first-order valence-corrected chi connectivity index (χ1v) is 17.5. The zero-order valence-electron chi connectivity index (χ0n) is 27.5. The topological polar surface area (TPSA) is 72.8 Å². The maximum Gasteiger partial charge on any atom is 0.306 e. The first-order chi connectivity index (χ1) is 20.6. The predicted molar refractivity (Wildman–Crippen MR) is 178 cm³/mol. The van der Waals surface area contributed by atoms with Crippen LogP contribution in [0.3, 0.4) is 0 Å². The number of carbonyl (C=O) groups excluding carboxylic acids is 2. The zero-order valence-corrected chi connectivity index (χ0v) is 27.5. The van der Waals surface area contributed by atoms with Crippen molar-refractivity contribution in [2.75, 3.05) is 13.2 Å². The third-order valence-corrected chi connectivity index (χ3v) is 7.45. The van der Waals surface area contributed by atoms with E-state index in [1.807, 2.05) is 0 Å². The lowest BCUT2D eigenvalue weighted by Crippen LogP contribution is -2.28. The largest absolute Gasteiger partial charge is 0.462 e. The molecule has 0 fully saturated rings. The van der Waals surface area contributed by atoms with Gasteiger partial charge in [-0.15, -0.1) is 0 Å². The van der Waals surface area contributed by atoms with Crippen molar-refractivity contribution in [3.05, 3.63) is 36.5 Å². The maximum absolute atomic E-state index is 12.1. The van der Waals surface area contributed by atoms with Crippen LogP contribution in [0.1, 0.15) is 168 Å². The summed E-state index contributed by atoms with van der Waals surface area (Å²) in [5, 5.41) is 9.50. The highest BCUT2D eigenvalue weighted by molar-refractivity contribution is 5.70. The molecular weight excluding hydrogens is 524 g/mol. The summed E-state index contributed by atoms with van der Waals surface area (Å²) < 4.78 is 10.5. The molecule has 0 aromatic rings. The van der Waals surface area contributed by atoms with Gasteiger partial charge in [0, 0.05) is 12.8 Å². The molecule has 0 aliphatic carbocycles. The average molecular weight is 591 g/mol. The Hall–Kier alpha value is -1.88. The second kappa shape index (κ2) is 33.6. The van der Waals surface area contributed by atoms with Gasteiger partial charge in [0.15, 0.2) is 6.10 Å². The van der Waals surface area contributed by atoms with E-state index in [0.717, 1.165) is 64.2 Å². The molecule has 0 spiro atoms. The van der Waals surface area contributed by atoms with Gasteiger partial charge >= 0.3 is 11.9 Å². The molecule has 0 bridgehead atoms. The van der Waals surface area contributed by atoms with E-state index >= 15 is 0 Å². The van der Waals surface area contributed by atoms with Gasteiger partial charge in [-0.1, -0.05) is 147 Å². The van der Waals surface area contributed by atoms with Gasteiger partial charge in [0.1, 0.15) is 6.61 Å². The zero-order chi connectivity index (χ0) is 30.8. The molecule has 0 rings (SSSR count). The van der Waals surface area contributed by atoms with Crippen molar-refractivity contribution in [3.63, 3.8) is 0 Å². The van der Waals surface area contributed by atoms with Gasteiger partial charge in [-0.05, 0) is 44.9 Å². The van der Waals surface area contributed by atoms with E-state index in [0.29, 0.717) is 12.8 Å². The van der Waals surface area contributed by atoms with Crippen molar-refractivity contribution in [1.29, 1.82) is 0 Å². The third-order valence-electron chi connectivity index (χ3n) is 7.45. The fourth-order valence-electron chi connectivity index (χ4n) is 4.80. The minimum atomic E-state index is -0.782. The maximum atomic E-state index is 12.1. The summed E-state index contributed by atoms with van der Waals surface area (Å²) in [7, 11) is 0. The van der Waals surface area contributed by atoms with Crippen molar-refractivity contribution in [2.24, 2.45) is 0 Å². The quantitative estimate of drug-likeness (QED) is 0.0494. The van der Waals surface area contributed by atoms with Crippen LogP contribution in [0.2, 0.25) is 0 Å². The van der Waals surface area contributed by atoms with Crippen LogP contribution in [0.4, 0.5) is 0 Å². The van der Waals surface area contributed by atoms with E-state index in [2.05, 4.69) is 50.3 Å². The number of ether oxygens (including phenoxy) is 2. The molecule has 0 aliphatic heterocycles. The number of aliphatic hydroxyl groups is 1. The lowest BCUT2D eigenvalue weighted by atomic mass is 10.0. The van der Waals surface area contributed by atoms with E-state index in [1.54, 1.807) is 0 Å². The summed E-state index contributed by atoms with van der Waals surface area (Å²) in [4.78, 5) is 24.1. The Balaban J connectivity index is 3.60. The third kappa shape index (κ3) is 31.1. The molecule has 0 saturated heterocycles. The number of aliphatic hydroxyl groups excluding tert-OH is 1. The Bertz CT molecular complexity index is 682. The Labute approximate surface area is 259 Å². The number of rotatable bonds is 31. The first-order valence-electron chi connectivity index (χ1n) is 17.5. The Morgan fingerprint density at radius 1 is 0.571 bits per heavy atom. The highest BCUT2D eigenvalue weighted by Crippen LogP contribution is 2.14. The van der Waals surface area contributed by atoms with Crippen molar-refractivity contribution in [1.82, 2.24) is 0 Å². The van der Waals surface area contributed by atoms with Crippen LogP contribution < -0.4 is 0 Å². The highest BCUT2D eigenvalue weighted by Gasteiger charge is 2.16. The second-order valence-electron chi connectivity index (χ2n) is 11.6. The summed E-state index contributed by atoms with van der Waals surface area (Å²) >= 11 is 0. The molecule has 0 aromatic heterocycles. The van der Waals surface area contributed by atoms with Gasteiger partial charge < -0.3 is 14.6 Å². The lowest BCUT2D eigenvalue weighted by molar-refractivity contribution is -0.161. The van der Waals surface area contributed by atoms with Crippen molar-refractivity contribution in [3.8, 4) is 0 Å². The fraction of sp³-hybridized carbons (Fsp3) is 0.784. The number of hydrogen-bond donors (Lipinski definition) is 1. The SMILES string of the molecule is CC/C=C\C/C=C\C/C=C\CCCCCC(=O)OC(CO)COC(=O)CCCCCCCCCCCCCCCCC. The van der Waals surface area contributed by atoms with Gasteiger partial charge in [0.2, 0.25) is 0 Å². The van der Waals surface area contributed by atoms with E-state index in [4.69, 9.17) is 9.47 Å². The van der Waals surface area contributed by atoms with Gasteiger partial charge in [0.05, 0.1) is 6.61 Å². The van der Waals surface area contributed by atoms with Gasteiger partial charge in [0.25, 0.3) is 0 Å². The van der Waals surface area contributed by atoms with Crippen LogP contribution in [-0.4, -0.2) is 36.4 Å². The average Bonchev–Trinajstić information content (AvgIpc) is 2.99. The minimum Gasteiger partial charge on any atom is -0.462 e. The molecule has 0 radical (unpaired) electrons. The van der Waals surface area contributed by atoms with E-state index in [9.17, 15) is 14.7 Å². The van der Waals surface area contributed by atoms with Crippen molar-refractivity contribution < 1.29 is 24.2 Å². The van der Waals surface area contributed by atoms with Crippen molar-refractivity contribution >= 4 is 11.9 Å². The van der Waals surface area contributed by atoms with Gasteiger partial charge in [-0.2, -0.15) is 0 Å². The molecule has 0 heterocycles. The summed E-state index contributed by atoms with van der Waals surface area (Å²) in [5.74, 6) is -0.624. The van der Waals surface area contributed by atoms with Gasteiger partial charge in [-0.3, -0.25) is 9.59 Å². The molecule has 0 aliphatic rings. The molecule has 1 atom stereocenters. The molecule has 1 unspecified atom stereocenters. The molecule has 42 heavy (non-hydrogen) atoms. The molecule has 0 saturated carbocycles. The Morgan fingerprint density at radius 2 is 1.02 bits per heavy atom. The normalized spacial score (nSPS) is 12.5. The van der Waals surface area contributed by atoms with Gasteiger partial charge in [-0.25, -0.2) is 0 Å². The van der Waals surface area contributed by atoms with E-state index in [1.165, 1.54) is 77.0 Å². The molecule has 244 valence electrons. The fourth-order valence-corrected chi connectivity index (χ4v) is 4.80. The van der Waals surface area contributed by atoms with Crippen LogP contribution in [0, 0.1) is 0 Å². The molecule has 0 aromatic carbocycles. The smallest absolute Gasteiger partial charge is 0.306 e. The summed E-state index contributed by atoms with van der Waals surface area (Å²) in [6.07, 6.45) is 39.1. The standard InChI is InChI=1S/C37H66O5/c1-3-5-7-9-11-13-15-17-18-20-21-23-25-27-29-31-36(39)41-34-35(33-38)42-37(40)32-30-28-26-24-22-19-16-14-12-10-8-6-4-2/h6,8,12,14,19,22,35,38H,3-5,7,9-11,13,15-18,20-21,23-34H2,1-2H3/b8-6-,14-12-,22-19-. The Morgan fingerprint density at radius 3 is 1.55 bits per heavy atom. The monoisotopic (exact) mass is 590 g/mol. The molecule has 5 heteroatoms. The van der Waals surface area contributed by atoms with E-state index < -0.39 is 6.10 Å². The molecule has 5 nitrogen and oxygen atoms in total. The molecular formula is C37H66O5. The first kappa shape index (κ1) is 40.1.